The lowest BCUT2D eigenvalue weighted by atomic mass is 9.87. The standard InChI is InChI=1S/C22H34N2O3/c1-15-13-17(24-9-11-27-12-10-24)14-18(16-5-6-16)20(15)21(26)23-8-7-19(25)22(2,3)4/h13-14,16,19,25H,5-12H2,1-4H3,(H,23,26)/t19-/m1/s1. The molecule has 0 aromatic heterocycles. The van der Waals surface area contributed by atoms with E-state index in [0.717, 1.165) is 50.3 Å². The van der Waals surface area contributed by atoms with E-state index in [4.69, 9.17) is 4.74 Å². The van der Waals surface area contributed by atoms with Crippen LogP contribution in [0.3, 0.4) is 0 Å². The molecule has 3 rings (SSSR count). The summed E-state index contributed by atoms with van der Waals surface area (Å²) < 4.78 is 5.46. The van der Waals surface area contributed by atoms with Crippen LogP contribution in [0.4, 0.5) is 5.69 Å². The first-order valence-electron chi connectivity index (χ1n) is 10.2. The molecule has 1 amide bonds. The summed E-state index contributed by atoms with van der Waals surface area (Å²) in [5, 5.41) is 13.2. The number of aliphatic hydroxyl groups is 1. The molecule has 1 aliphatic carbocycles. The number of amides is 1. The van der Waals surface area contributed by atoms with E-state index < -0.39 is 6.10 Å². The molecule has 1 saturated heterocycles. The van der Waals surface area contributed by atoms with Gasteiger partial charge < -0.3 is 20.1 Å². The number of carbonyl (C=O) groups is 1. The zero-order valence-corrected chi connectivity index (χ0v) is 17.2. The van der Waals surface area contributed by atoms with Crippen molar-refractivity contribution in [3.8, 4) is 0 Å². The minimum absolute atomic E-state index is 0.0102. The minimum Gasteiger partial charge on any atom is -0.393 e. The van der Waals surface area contributed by atoms with Crippen molar-refractivity contribution >= 4 is 11.6 Å². The fourth-order valence-corrected chi connectivity index (χ4v) is 3.67. The van der Waals surface area contributed by atoms with E-state index >= 15 is 0 Å². The molecule has 150 valence electrons. The second-order valence-electron chi connectivity index (χ2n) is 9.03. The number of hydrogen-bond donors (Lipinski definition) is 2. The summed E-state index contributed by atoms with van der Waals surface area (Å²) in [6.45, 7) is 11.9. The third kappa shape index (κ3) is 5.02. The Morgan fingerprint density at radius 2 is 1.96 bits per heavy atom. The number of anilines is 1. The van der Waals surface area contributed by atoms with Crippen LogP contribution >= 0.6 is 0 Å². The Labute approximate surface area is 163 Å². The fraction of sp³-hybridized carbons (Fsp3) is 0.682. The molecule has 2 fully saturated rings. The van der Waals surface area contributed by atoms with Crippen molar-refractivity contribution in [3.05, 3.63) is 28.8 Å². The Bertz CT molecular complexity index is 671. The molecule has 5 nitrogen and oxygen atoms in total. The minimum atomic E-state index is -0.425. The van der Waals surface area contributed by atoms with Crippen LogP contribution in [-0.2, 0) is 4.74 Å². The molecule has 2 N–H and O–H groups in total. The lowest BCUT2D eigenvalue weighted by Gasteiger charge is -2.30. The number of aliphatic hydroxyl groups excluding tert-OH is 1. The zero-order valence-electron chi connectivity index (χ0n) is 17.2. The van der Waals surface area contributed by atoms with Crippen LogP contribution in [0, 0.1) is 12.3 Å². The Balaban J connectivity index is 1.73. The molecule has 2 aliphatic rings. The largest absolute Gasteiger partial charge is 0.393 e. The molecule has 1 atom stereocenters. The van der Waals surface area contributed by atoms with E-state index in [1.807, 2.05) is 27.7 Å². The van der Waals surface area contributed by atoms with Gasteiger partial charge in [-0.3, -0.25) is 4.79 Å². The Morgan fingerprint density at radius 1 is 1.30 bits per heavy atom. The number of hydrogen-bond acceptors (Lipinski definition) is 4. The molecule has 1 aliphatic heterocycles. The van der Waals surface area contributed by atoms with Gasteiger partial charge in [0, 0.05) is 30.9 Å². The second kappa shape index (κ2) is 8.19. The fourth-order valence-electron chi connectivity index (χ4n) is 3.67. The number of rotatable bonds is 6. The van der Waals surface area contributed by atoms with E-state index in [-0.39, 0.29) is 11.3 Å². The summed E-state index contributed by atoms with van der Waals surface area (Å²) in [6, 6.07) is 4.35. The second-order valence-corrected chi connectivity index (χ2v) is 9.03. The molecule has 0 bridgehead atoms. The molecule has 5 heteroatoms. The highest BCUT2D eigenvalue weighted by atomic mass is 16.5. The maximum atomic E-state index is 12.9. The van der Waals surface area contributed by atoms with Crippen LogP contribution in [0.5, 0.6) is 0 Å². The van der Waals surface area contributed by atoms with Crippen LogP contribution in [0.2, 0.25) is 0 Å². The quantitative estimate of drug-likeness (QED) is 0.802. The van der Waals surface area contributed by atoms with Crippen LogP contribution in [0.1, 0.15) is 67.4 Å². The van der Waals surface area contributed by atoms with Gasteiger partial charge in [-0.1, -0.05) is 20.8 Å². The molecule has 1 aromatic carbocycles. The molecule has 0 spiro atoms. The van der Waals surface area contributed by atoms with Gasteiger partial charge in [0.05, 0.1) is 19.3 Å². The molecule has 0 unspecified atom stereocenters. The molecular weight excluding hydrogens is 340 g/mol. The van der Waals surface area contributed by atoms with Crippen molar-refractivity contribution in [1.29, 1.82) is 0 Å². The predicted octanol–water partition coefficient (Wildman–Crippen LogP) is 3.24. The number of morpholine rings is 1. The van der Waals surface area contributed by atoms with Crippen LogP contribution < -0.4 is 10.2 Å². The Hall–Kier alpha value is -1.59. The highest BCUT2D eigenvalue weighted by molar-refractivity contribution is 5.98. The maximum Gasteiger partial charge on any atom is 0.251 e. The highest BCUT2D eigenvalue weighted by Gasteiger charge is 2.30. The summed E-state index contributed by atoms with van der Waals surface area (Å²) in [5.41, 5.74) is 4.09. The van der Waals surface area contributed by atoms with Gasteiger partial charge in [-0.15, -0.1) is 0 Å². The van der Waals surface area contributed by atoms with Crippen LogP contribution in [0.25, 0.3) is 0 Å². The maximum absolute atomic E-state index is 12.9. The number of nitrogens with one attached hydrogen (secondary N) is 1. The first kappa shape index (κ1) is 20.2. The van der Waals surface area contributed by atoms with Gasteiger partial charge in [0.25, 0.3) is 5.91 Å². The topological polar surface area (TPSA) is 61.8 Å². The van der Waals surface area contributed by atoms with E-state index in [2.05, 4.69) is 22.3 Å². The smallest absolute Gasteiger partial charge is 0.251 e. The van der Waals surface area contributed by atoms with Crippen molar-refractivity contribution in [2.45, 2.75) is 59.0 Å². The number of nitrogens with zero attached hydrogens (tertiary/aromatic N) is 1. The zero-order chi connectivity index (χ0) is 19.6. The molecule has 1 heterocycles. The van der Waals surface area contributed by atoms with Gasteiger partial charge in [-0.25, -0.2) is 0 Å². The lowest BCUT2D eigenvalue weighted by molar-refractivity contribution is 0.0551. The number of ether oxygens (including phenoxy) is 1. The van der Waals surface area contributed by atoms with Crippen molar-refractivity contribution in [2.24, 2.45) is 5.41 Å². The van der Waals surface area contributed by atoms with E-state index in [9.17, 15) is 9.90 Å². The molecule has 27 heavy (non-hydrogen) atoms. The number of carbonyl (C=O) groups excluding carboxylic acids is 1. The van der Waals surface area contributed by atoms with E-state index in [0.29, 0.717) is 18.9 Å². The monoisotopic (exact) mass is 374 g/mol. The van der Waals surface area contributed by atoms with Gasteiger partial charge in [-0.05, 0) is 60.8 Å². The normalized spacial score (nSPS) is 19.1. The van der Waals surface area contributed by atoms with Crippen LogP contribution in [0.15, 0.2) is 12.1 Å². The summed E-state index contributed by atoms with van der Waals surface area (Å²) in [6.07, 6.45) is 2.47. The summed E-state index contributed by atoms with van der Waals surface area (Å²) in [7, 11) is 0. The van der Waals surface area contributed by atoms with Gasteiger partial charge >= 0.3 is 0 Å². The third-order valence-corrected chi connectivity index (χ3v) is 5.67. The lowest BCUT2D eigenvalue weighted by Crippen LogP contribution is -2.36. The molecule has 0 radical (unpaired) electrons. The molecular formula is C22H34N2O3. The first-order valence-corrected chi connectivity index (χ1v) is 10.2. The average molecular weight is 375 g/mol. The van der Waals surface area contributed by atoms with Crippen molar-refractivity contribution in [3.63, 3.8) is 0 Å². The highest BCUT2D eigenvalue weighted by Crippen LogP contribution is 2.44. The van der Waals surface area contributed by atoms with Gasteiger partial charge in [-0.2, -0.15) is 0 Å². The Kier molecular flexibility index (Phi) is 6.11. The van der Waals surface area contributed by atoms with Gasteiger partial charge in [0.15, 0.2) is 0 Å². The Morgan fingerprint density at radius 3 is 2.56 bits per heavy atom. The number of benzene rings is 1. The predicted molar refractivity (Wildman–Crippen MR) is 109 cm³/mol. The summed E-state index contributed by atoms with van der Waals surface area (Å²) >= 11 is 0. The molecule has 1 aromatic rings. The van der Waals surface area contributed by atoms with Crippen molar-refractivity contribution in [1.82, 2.24) is 5.32 Å². The van der Waals surface area contributed by atoms with Crippen molar-refractivity contribution in [2.75, 3.05) is 37.7 Å². The van der Waals surface area contributed by atoms with Gasteiger partial charge in [0.1, 0.15) is 0 Å². The number of aryl methyl sites for hydroxylation is 1. The summed E-state index contributed by atoms with van der Waals surface area (Å²) in [4.78, 5) is 15.3. The van der Waals surface area contributed by atoms with Crippen LogP contribution in [-0.4, -0.2) is 50.0 Å². The SMILES string of the molecule is Cc1cc(N2CCOCC2)cc(C2CC2)c1C(=O)NCC[C@@H](O)C(C)(C)C. The first-order chi connectivity index (χ1) is 12.8. The average Bonchev–Trinajstić information content (AvgIpc) is 3.45. The van der Waals surface area contributed by atoms with Gasteiger partial charge in [0.2, 0.25) is 0 Å². The van der Waals surface area contributed by atoms with E-state index in [1.165, 1.54) is 11.3 Å². The summed E-state index contributed by atoms with van der Waals surface area (Å²) in [5.74, 6) is 0.495. The van der Waals surface area contributed by atoms with E-state index in [1.54, 1.807) is 0 Å². The van der Waals surface area contributed by atoms with Crippen molar-refractivity contribution < 1.29 is 14.6 Å². The molecule has 1 saturated carbocycles. The third-order valence-electron chi connectivity index (χ3n) is 5.67.